The maximum atomic E-state index is 6.19. The molecule has 6 heteroatoms. The topological polar surface area (TPSA) is 47.8 Å². The van der Waals surface area contributed by atoms with Crippen molar-refractivity contribution in [2.75, 3.05) is 14.2 Å². The van der Waals surface area contributed by atoms with Crippen LogP contribution in [0.1, 0.15) is 22.4 Å². The summed E-state index contributed by atoms with van der Waals surface area (Å²) in [6.45, 7) is 3.46. The number of ether oxygens (including phenoxy) is 2. The molecule has 0 atom stereocenters. The molecule has 0 saturated heterocycles. The second kappa shape index (κ2) is 9.79. The van der Waals surface area contributed by atoms with E-state index in [0.29, 0.717) is 18.0 Å². The predicted octanol–water partition coefficient (Wildman–Crippen LogP) is 5.79. The summed E-state index contributed by atoms with van der Waals surface area (Å²) in [5, 5.41) is 6.42. The maximum absolute atomic E-state index is 6.19. The van der Waals surface area contributed by atoms with Crippen molar-refractivity contribution in [1.82, 2.24) is 9.99 Å². The second-order valence-corrected chi connectivity index (χ2v) is 7.95. The highest BCUT2D eigenvalue weighted by atomic mass is 35.5. The standard InChI is InChI=1S/C26H26ClN3O2/c1-18-23(16-29-28-15-19-11-12-25(31-2)26(14-19)32-3)22-9-4-5-10-24(22)30(18)17-20-7-6-8-21(27)13-20/h4-14,16,28H,15,17H2,1-3H3/b29-16+. The number of hydrazone groups is 1. The monoisotopic (exact) mass is 447 g/mol. The van der Waals surface area contributed by atoms with Crippen molar-refractivity contribution in [3.05, 3.63) is 94.1 Å². The van der Waals surface area contributed by atoms with Crippen LogP contribution in [-0.2, 0) is 13.1 Å². The van der Waals surface area contributed by atoms with Crippen LogP contribution in [0.25, 0.3) is 10.9 Å². The minimum Gasteiger partial charge on any atom is -0.493 e. The molecule has 1 aromatic heterocycles. The van der Waals surface area contributed by atoms with Gasteiger partial charge in [-0.15, -0.1) is 0 Å². The van der Waals surface area contributed by atoms with Crippen molar-refractivity contribution in [3.63, 3.8) is 0 Å². The molecular weight excluding hydrogens is 422 g/mol. The van der Waals surface area contributed by atoms with Crippen LogP contribution >= 0.6 is 11.6 Å². The molecule has 0 aliphatic carbocycles. The van der Waals surface area contributed by atoms with Crippen LogP contribution in [0.2, 0.25) is 5.02 Å². The first-order valence-corrected chi connectivity index (χ1v) is 10.8. The molecule has 164 valence electrons. The molecule has 0 bridgehead atoms. The molecule has 0 spiro atoms. The molecule has 1 heterocycles. The second-order valence-electron chi connectivity index (χ2n) is 7.51. The Kier molecular flexibility index (Phi) is 6.66. The third-order valence-corrected chi connectivity index (χ3v) is 5.76. The SMILES string of the molecule is COc1ccc(CN/N=C/c2c(C)n(Cc3cccc(Cl)c3)c3ccccc23)cc1OC. The lowest BCUT2D eigenvalue weighted by atomic mass is 10.1. The van der Waals surface area contributed by atoms with E-state index < -0.39 is 0 Å². The Morgan fingerprint density at radius 2 is 1.75 bits per heavy atom. The number of nitrogens with zero attached hydrogens (tertiary/aromatic N) is 2. The first-order chi connectivity index (χ1) is 15.6. The number of hydrogen-bond donors (Lipinski definition) is 1. The number of rotatable bonds is 8. The number of methoxy groups -OCH3 is 2. The van der Waals surface area contributed by atoms with E-state index in [1.54, 1.807) is 14.2 Å². The molecule has 4 rings (SSSR count). The number of nitrogens with one attached hydrogen (secondary N) is 1. The number of hydrogen-bond acceptors (Lipinski definition) is 4. The molecule has 3 aromatic carbocycles. The van der Waals surface area contributed by atoms with Crippen LogP contribution in [0.4, 0.5) is 0 Å². The summed E-state index contributed by atoms with van der Waals surface area (Å²) < 4.78 is 13.0. The fourth-order valence-electron chi connectivity index (χ4n) is 3.88. The molecule has 0 aliphatic rings. The van der Waals surface area contributed by atoms with Crippen molar-refractivity contribution in [2.45, 2.75) is 20.0 Å². The molecule has 0 saturated carbocycles. The Labute approximate surface area is 193 Å². The molecule has 4 aromatic rings. The molecule has 0 radical (unpaired) electrons. The number of halogens is 1. The van der Waals surface area contributed by atoms with E-state index in [1.165, 1.54) is 10.9 Å². The van der Waals surface area contributed by atoms with E-state index in [1.807, 2.05) is 42.6 Å². The predicted molar refractivity (Wildman–Crippen MR) is 131 cm³/mol. The van der Waals surface area contributed by atoms with Gasteiger partial charge in [-0.3, -0.25) is 0 Å². The average molecular weight is 448 g/mol. The summed E-state index contributed by atoms with van der Waals surface area (Å²) in [6.07, 6.45) is 1.90. The van der Waals surface area contributed by atoms with Crippen molar-refractivity contribution < 1.29 is 9.47 Å². The minimum atomic E-state index is 0.580. The molecular formula is C26H26ClN3O2. The summed E-state index contributed by atoms with van der Waals surface area (Å²) in [4.78, 5) is 0. The molecule has 0 unspecified atom stereocenters. The summed E-state index contributed by atoms with van der Waals surface area (Å²) in [5.74, 6) is 1.42. The average Bonchev–Trinajstić information content (AvgIpc) is 3.07. The Morgan fingerprint density at radius 3 is 2.53 bits per heavy atom. The molecule has 5 nitrogen and oxygen atoms in total. The highest BCUT2D eigenvalue weighted by Crippen LogP contribution is 2.28. The van der Waals surface area contributed by atoms with E-state index in [9.17, 15) is 0 Å². The number of fused-ring (bicyclic) bond motifs is 1. The lowest BCUT2D eigenvalue weighted by Gasteiger charge is -2.09. The van der Waals surface area contributed by atoms with Gasteiger partial charge < -0.3 is 19.5 Å². The molecule has 0 aliphatic heterocycles. The third-order valence-electron chi connectivity index (χ3n) is 5.53. The first-order valence-electron chi connectivity index (χ1n) is 10.4. The third kappa shape index (κ3) is 4.58. The van der Waals surface area contributed by atoms with Gasteiger partial charge in [-0.1, -0.05) is 48.0 Å². The molecule has 32 heavy (non-hydrogen) atoms. The number of benzene rings is 3. The van der Waals surface area contributed by atoms with Crippen LogP contribution in [-0.4, -0.2) is 25.0 Å². The van der Waals surface area contributed by atoms with Crippen LogP contribution in [0.5, 0.6) is 11.5 Å². The van der Waals surface area contributed by atoms with Crippen LogP contribution in [0.15, 0.2) is 71.8 Å². The number of aromatic nitrogens is 1. The van der Waals surface area contributed by atoms with Gasteiger partial charge in [0.05, 0.1) is 27.0 Å². The fourth-order valence-corrected chi connectivity index (χ4v) is 4.09. The van der Waals surface area contributed by atoms with E-state index >= 15 is 0 Å². The van der Waals surface area contributed by atoms with Gasteiger partial charge in [0.25, 0.3) is 0 Å². The maximum Gasteiger partial charge on any atom is 0.161 e. The van der Waals surface area contributed by atoms with Gasteiger partial charge in [0, 0.05) is 33.7 Å². The molecule has 0 fully saturated rings. The van der Waals surface area contributed by atoms with Gasteiger partial charge in [0.1, 0.15) is 0 Å². The van der Waals surface area contributed by atoms with Gasteiger partial charge in [0.15, 0.2) is 11.5 Å². The van der Waals surface area contributed by atoms with Crippen LogP contribution in [0.3, 0.4) is 0 Å². The van der Waals surface area contributed by atoms with Gasteiger partial charge >= 0.3 is 0 Å². The Balaban J connectivity index is 1.55. The summed E-state index contributed by atoms with van der Waals surface area (Å²) in [6, 6.07) is 22.2. The van der Waals surface area contributed by atoms with Gasteiger partial charge in [-0.25, -0.2) is 0 Å². The highest BCUT2D eigenvalue weighted by Gasteiger charge is 2.13. The zero-order chi connectivity index (χ0) is 22.5. The van der Waals surface area contributed by atoms with Gasteiger partial charge in [0.2, 0.25) is 0 Å². The molecule has 0 amide bonds. The largest absolute Gasteiger partial charge is 0.493 e. The van der Waals surface area contributed by atoms with Gasteiger partial charge in [-0.05, 0) is 48.4 Å². The van der Waals surface area contributed by atoms with Crippen molar-refractivity contribution in [2.24, 2.45) is 5.10 Å². The van der Waals surface area contributed by atoms with E-state index in [0.717, 1.165) is 34.0 Å². The van der Waals surface area contributed by atoms with E-state index in [-0.39, 0.29) is 0 Å². The van der Waals surface area contributed by atoms with Crippen molar-refractivity contribution in [3.8, 4) is 11.5 Å². The zero-order valence-corrected chi connectivity index (χ0v) is 19.2. The first kappa shape index (κ1) is 21.8. The van der Waals surface area contributed by atoms with Crippen LogP contribution < -0.4 is 14.9 Å². The zero-order valence-electron chi connectivity index (χ0n) is 18.4. The van der Waals surface area contributed by atoms with E-state index in [2.05, 4.69) is 52.3 Å². The lowest BCUT2D eigenvalue weighted by molar-refractivity contribution is 0.354. The summed E-state index contributed by atoms with van der Waals surface area (Å²) in [7, 11) is 3.26. The highest BCUT2D eigenvalue weighted by molar-refractivity contribution is 6.30. The van der Waals surface area contributed by atoms with Crippen molar-refractivity contribution in [1.29, 1.82) is 0 Å². The fraction of sp³-hybridized carbons (Fsp3) is 0.192. The van der Waals surface area contributed by atoms with E-state index in [4.69, 9.17) is 21.1 Å². The minimum absolute atomic E-state index is 0.580. The smallest absolute Gasteiger partial charge is 0.161 e. The van der Waals surface area contributed by atoms with Crippen LogP contribution in [0, 0.1) is 6.92 Å². The Hall–Kier alpha value is -3.44. The summed E-state index contributed by atoms with van der Waals surface area (Å²) >= 11 is 6.19. The normalized spacial score (nSPS) is 11.2. The van der Waals surface area contributed by atoms with Crippen molar-refractivity contribution >= 4 is 28.7 Å². The summed E-state index contributed by atoms with van der Waals surface area (Å²) in [5.41, 5.74) is 8.79. The Bertz CT molecular complexity index is 1260. The van der Waals surface area contributed by atoms with Gasteiger partial charge in [-0.2, -0.15) is 5.10 Å². The Morgan fingerprint density at radius 1 is 0.938 bits per heavy atom. The number of para-hydroxylation sites is 1. The lowest BCUT2D eigenvalue weighted by Crippen LogP contribution is -2.06. The molecule has 1 N–H and O–H groups in total. The quantitative estimate of drug-likeness (QED) is 0.274.